The molecule has 1 N–H and O–H groups in total. The normalized spacial score (nSPS) is 10.4. The van der Waals surface area contributed by atoms with Crippen LogP contribution in [0.25, 0.3) is 0 Å². The van der Waals surface area contributed by atoms with Crippen molar-refractivity contribution in [3.05, 3.63) is 62.0 Å². The van der Waals surface area contributed by atoms with E-state index in [-0.39, 0.29) is 10.2 Å². The first-order valence-electron chi connectivity index (χ1n) is 5.60. The maximum absolute atomic E-state index is 13.6. The lowest BCUT2D eigenvalue weighted by Gasteiger charge is -2.08. The number of carbonyl (C=O) groups excluding carboxylic acids is 1. The van der Waals surface area contributed by atoms with E-state index >= 15 is 0 Å². The van der Waals surface area contributed by atoms with Gasteiger partial charge in [0.25, 0.3) is 5.91 Å². The van der Waals surface area contributed by atoms with Crippen molar-refractivity contribution >= 4 is 43.5 Å². The standard InChI is InChI=1S/C14H9Br2F2NO/c1-7-2-8(4-9(15)3-7)14(20)19-13-5-10(16)11(17)6-12(13)18/h2-6H,1H3,(H,19,20). The largest absolute Gasteiger partial charge is 0.319 e. The Hall–Kier alpha value is -1.27. The van der Waals surface area contributed by atoms with Gasteiger partial charge in [0.05, 0.1) is 10.2 Å². The van der Waals surface area contributed by atoms with Crippen LogP contribution >= 0.6 is 31.9 Å². The van der Waals surface area contributed by atoms with Gasteiger partial charge in [-0.3, -0.25) is 4.79 Å². The van der Waals surface area contributed by atoms with Crippen LogP contribution in [0.3, 0.4) is 0 Å². The zero-order valence-corrected chi connectivity index (χ0v) is 13.5. The SMILES string of the molecule is Cc1cc(Br)cc(C(=O)Nc2cc(Br)c(F)cc2F)c1. The van der Waals surface area contributed by atoms with Crippen molar-refractivity contribution < 1.29 is 13.6 Å². The molecular weight excluding hydrogens is 396 g/mol. The number of rotatable bonds is 2. The summed E-state index contributed by atoms with van der Waals surface area (Å²) in [7, 11) is 0. The predicted molar refractivity (Wildman–Crippen MR) is 80.9 cm³/mol. The van der Waals surface area contributed by atoms with E-state index in [0.717, 1.165) is 10.0 Å². The molecule has 0 aromatic heterocycles. The maximum Gasteiger partial charge on any atom is 0.255 e. The molecule has 0 saturated heterocycles. The van der Waals surface area contributed by atoms with Gasteiger partial charge in [0.2, 0.25) is 0 Å². The highest BCUT2D eigenvalue weighted by Gasteiger charge is 2.13. The molecule has 0 aliphatic carbocycles. The molecule has 0 fully saturated rings. The van der Waals surface area contributed by atoms with Gasteiger partial charge < -0.3 is 5.32 Å². The quantitative estimate of drug-likeness (QED) is 0.697. The number of hydrogen-bond donors (Lipinski definition) is 1. The molecule has 104 valence electrons. The molecule has 20 heavy (non-hydrogen) atoms. The van der Waals surface area contributed by atoms with E-state index in [9.17, 15) is 13.6 Å². The molecule has 1 amide bonds. The van der Waals surface area contributed by atoms with Crippen molar-refractivity contribution in [2.75, 3.05) is 5.32 Å². The maximum atomic E-state index is 13.6. The molecule has 2 rings (SSSR count). The summed E-state index contributed by atoms with van der Waals surface area (Å²) >= 11 is 6.24. The van der Waals surface area contributed by atoms with Gasteiger partial charge in [-0.1, -0.05) is 15.9 Å². The topological polar surface area (TPSA) is 29.1 Å². The number of amides is 1. The van der Waals surface area contributed by atoms with Gasteiger partial charge in [-0.05, 0) is 52.7 Å². The van der Waals surface area contributed by atoms with Gasteiger partial charge >= 0.3 is 0 Å². The second-order valence-electron chi connectivity index (χ2n) is 4.22. The van der Waals surface area contributed by atoms with Crippen LogP contribution in [-0.2, 0) is 0 Å². The van der Waals surface area contributed by atoms with E-state index in [1.807, 2.05) is 13.0 Å². The smallest absolute Gasteiger partial charge is 0.255 e. The third-order valence-corrected chi connectivity index (χ3v) is 3.63. The molecule has 0 heterocycles. The Labute approximate surface area is 131 Å². The first-order valence-corrected chi connectivity index (χ1v) is 7.18. The second-order valence-corrected chi connectivity index (χ2v) is 5.99. The zero-order valence-electron chi connectivity index (χ0n) is 10.3. The Morgan fingerprint density at radius 1 is 1.05 bits per heavy atom. The zero-order chi connectivity index (χ0) is 14.9. The first-order chi connectivity index (χ1) is 9.36. The van der Waals surface area contributed by atoms with Crippen molar-refractivity contribution in [1.29, 1.82) is 0 Å². The molecule has 0 spiro atoms. The number of benzene rings is 2. The highest BCUT2D eigenvalue weighted by molar-refractivity contribution is 9.10. The van der Waals surface area contributed by atoms with E-state index in [1.54, 1.807) is 12.1 Å². The minimum Gasteiger partial charge on any atom is -0.319 e. The molecule has 0 aliphatic rings. The summed E-state index contributed by atoms with van der Waals surface area (Å²) in [4.78, 5) is 12.1. The van der Waals surface area contributed by atoms with Gasteiger partial charge in [-0.15, -0.1) is 0 Å². The number of carbonyl (C=O) groups is 1. The van der Waals surface area contributed by atoms with E-state index in [0.29, 0.717) is 11.6 Å². The third-order valence-electron chi connectivity index (χ3n) is 2.56. The van der Waals surface area contributed by atoms with E-state index < -0.39 is 17.5 Å². The number of halogens is 4. The first kappa shape index (κ1) is 15.1. The molecular formula is C14H9Br2F2NO. The molecule has 2 aromatic carbocycles. The summed E-state index contributed by atoms with van der Waals surface area (Å²) in [6.45, 7) is 1.84. The summed E-state index contributed by atoms with van der Waals surface area (Å²) in [6.07, 6.45) is 0. The Bertz CT molecular complexity index is 669. The lowest BCUT2D eigenvalue weighted by Crippen LogP contribution is -2.13. The van der Waals surface area contributed by atoms with Crippen LogP contribution in [0.2, 0.25) is 0 Å². The molecule has 0 bridgehead atoms. The van der Waals surface area contributed by atoms with Crippen LogP contribution < -0.4 is 5.32 Å². The lowest BCUT2D eigenvalue weighted by atomic mass is 10.1. The average Bonchev–Trinajstić information content (AvgIpc) is 2.34. The van der Waals surface area contributed by atoms with Crippen LogP contribution in [0, 0.1) is 18.6 Å². The fraction of sp³-hybridized carbons (Fsp3) is 0.0714. The van der Waals surface area contributed by atoms with Crippen molar-refractivity contribution in [2.45, 2.75) is 6.92 Å². The predicted octanol–water partition coefficient (Wildman–Crippen LogP) is 5.05. The van der Waals surface area contributed by atoms with Gasteiger partial charge in [0, 0.05) is 16.1 Å². The van der Waals surface area contributed by atoms with Crippen LogP contribution in [0.1, 0.15) is 15.9 Å². The fourth-order valence-corrected chi connectivity index (χ4v) is 2.63. The van der Waals surface area contributed by atoms with Gasteiger partial charge in [-0.25, -0.2) is 8.78 Å². The Morgan fingerprint density at radius 3 is 2.40 bits per heavy atom. The van der Waals surface area contributed by atoms with E-state index in [2.05, 4.69) is 37.2 Å². The fourth-order valence-electron chi connectivity index (χ4n) is 1.68. The molecule has 6 heteroatoms. The molecule has 0 atom stereocenters. The second kappa shape index (κ2) is 6.01. The Balaban J connectivity index is 2.30. The minimum absolute atomic E-state index is 0.0825. The third kappa shape index (κ3) is 3.43. The van der Waals surface area contributed by atoms with Crippen molar-refractivity contribution in [1.82, 2.24) is 0 Å². The molecule has 2 nitrogen and oxygen atoms in total. The van der Waals surface area contributed by atoms with Crippen LogP contribution in [-0.4, -0.2) is 5.91 Å². The van der Waals surface area contributed by atoms with Gasteiger partial charge in [-0.2, -0.15) is 0 Å². The summed E-state index contributed by atoms with van der Waals surface area (Å²) in [6, 6.07) is 7.06. The number of nitrogens with one attached hydrogen (secondary N) is 1. The van der Waals surface area contributed by atoms with E-state index in [4.69, 9.17) is 0 Å². The summed E-state index contributed by atoms with van der Waals surface area (Å²) in [5.41, 5.74) is 1.20. The monoisotopic (exact) mass is 403 g/mol. The highest BCUT2D eigenvalue weighted by Crippen LogP contribution is 2.24. The number of aryl methyl sites for hydroxylation is 1. The summed E-state index contributed by atoms with van der Waals surface area (Å²) in [5.74, 6) is -2.02. The van der Waals surface area contributed by atoms with E-state index in [1.165, 1.54) is 6.07 Å². The van der Waals surface area contributed by atoms with Crippen molar-refractivity contribution in [2.24, 2.45) is 0 Å². The Morgan fingerprint density at radius 2 is 1.75 bits per heavy atom. The summed E-state index contributed by atoms with van der Waals surface area (Å²) < 4.78 is 27.5. The molecule has 0 unspecified atom stereocenters. The van der Waals surface area contributed by atoms with Crippen molar-refractivity contribution in [3.8, 4) is 0 Å². The van der Waals surface area contributed by atoms with Gasteiger partial charge in [0.15, 0.2) is 0 Å². The minimum atomic E-state index is -0.828. The van der Waals surface area contributed by atoms with Crippen LogP contribution in [0.4, 0.5) is 14.5 Å². The molecule has 0 saturated carbocycles. The summed E-state index contributed by atoms with van der Waals surface area (Å²) in [5, 5.41) is 2.42. The molecule has 0 aliphatic heterocycles. The van der Waals surface area contributed by atoms with Crippen molar-refractivity contribution in [3.63, 3.8) is 0 Å². The Kier molecular flexibility index (Phi) is 4.55. The van der Waals surface area contributed by atoms with Crippen LogP contribution in [0.15, 0.2) is 39.3 Å². The highest BCUT2D eigenvalue weighted by atomic mass is 79.9. The van der Waals surface area contributed by atoms with Crippen LogP contribution in [0.5, 0.6) is 0 Å². The van der Waals surface area contributed by atoms with Gasteiger partial charge in [0.1, 0.15) is 11.6 Å². The number of anilines is 1. The number of hydrogen-bond acceptors (Lipinski definition) is 1. The molecule has 0 radical (unpaired) electrons. The lowest BCUT2D eigenvalue weighted by molar-refractivity contribution is 0.102. The average molecular weight is 405 g/mol. The molecule has 2 aromatic rings.